The molecule has 1 N–H and O–H groups in total. The van der Waals surface area contributed by atoms with E-state index >= 15 is 0 Å². The van der Waals surface area contributed by atoms with Crippen molar-refractivity contribution < 1.29 is 0 Å². The normalized spacial score (nSPS) is 15.2. The fourth-order valence-corrected chi connectivity index (χ4v) is 2.80. The molecule has 1 aromatic carbocycles. The van der Waals surface area contributed by atoms with E-state index in [4.69, 9.17) is 0 Å². The Hall–Kier alpha value is -2.53. The summed E-state index contributed by atoms with van der Waals surface area (Å²) in [7, 11) is 0. The van der Waals surface area contributed by atoms with Crippen LogP contribution in [0.2, 0.25) is 0 Å². The molecular weight excluding hydrogens is 274 g/mol. The van der Waals surface area contributed by atoms with Crippen LogP contribution in [-0.4, -0.2) is 41.1 Å². The molecule has 1 aliphatic heterocycles. The van der Waals surface area contributed by atoms with Gasteiger partial charge in [0.1, 0.15) is 12.1 Å². The Morgan fingerprint density at radius 1 is 0.909 bits per heavy atom. The largest absolute Gasteiger partial charge is 0.354 e. The van der Waals surface area contributed by atoms with E-state index in [0.717, 1.165) is 54.0 Å². The highest BCUT2D eigenvalue weighted by atomic mass is 15.2. The van der Waals surface area contributed by atoms with Crippen LogP contribution in [0.15, 0.2) is 49.1 Å². The van der Waals surface area contributed by atoms with Crippen LogP contribution in [0.1, 0.15) is 0 Å². The minimum absolute atomic E-state index is 0.962. The second-order valence-corrected chi connectivity index (χ2v) is 5.44. The number of pyridine rings is 1. The van der Waals surface area contributed by atoms with Gasteiger partial charge in [0.2, 0.25) is 0 Å². The van der Waals surface area contributed by atoms with E-state index < -0.39 is 0 Å². The molecule has 5 nitrogen and oxygen atoms in total. The third-order valence-electron chi connectivity index (χ3n) is 4.03. The number of hydrogen-bond donors (Lipinski definition) is 1. The summed E-state index contributed by atoms with van der Waals surface area (Å²) in [5.41, 5.74) is 3.22. The number of nitrogens with zero attached hydrogens (tertiary/aromatic N) is 4. The molecule has 2 aromatic heterocycles. The van der Waals surface area contributed by atoms with Gasteiger partial charge in [-0.25, -0.2) is 15.0 Å². The van der Waals surface area contributed by atoms with E-state index in [1.165, 1.54) is 0 Å². The predicted octanol–water partition coefficient (Wildman–Crippen LogP) is 2.10. The second-order valence-electron chi connectivity index (χ2n) is 5.44. The maximum Gasteiger partial charge on any atom is 0.128 e. The van der Waals surface area contributed by atoms with Crippen LogP contribution in [-0.2, 0) is 0 Å². The van der Waals surface area contributed by atoms with Crippen molar-refractivity contribution in [1.82, 2.24) is 20.3 Å². The average Bonchev–Trinajstić information content (AvgIpc) is 2.62. The molecule has 1 saturated heterocycles. The molecule has 0 atom stereocenters. The van der Waals surface area contributed by atoms with Crippen LogP contribution in [0.3, 0.4) is 0 Å². The van der Waals surface area contributed by atoms with E-state index in [0.29, 0.717) is 0 Å². The summed E-state index contributed by atoms with van der Waals surface area (Å²) in [5.74, 6) is 1.05. The monoisotopic (exact) mass is 291 g/mol. The lowest BCUT2D eigenvalue weighted by Gasteiger charge is -2.28. The fraction of sp³-hybridized carbons (Fsp3) is 0.235. The van der Waals surface area contributed by atoms with E-state index in [2.05, 4.69) is 49.4 Å². The predicted molar refractivity (Wildman–Crippen MR) is 87.9 cm³/mol. The molecule has 0 amide bonds. The van der Waals surface area contributed by atoms with Crippen molar-refractivity contribution >= 4 is 16.7 Å². The summed E-state index contributed by atoms with van der Waals surface area (Å²) in [6, 6.07) is 10.5. The quantitative estimate of drug-likeness (QED) is 0.783. The standard InChI is InChI=1S/C17H17N5/c1-3-16-15(10-19-12-21-16)9-13(1)14-2-4-17(20-11-14)22-7-5-18-6-8-22/h1-4,9-12,18H,5-8H2. The number of nitrogens with one attached hydrogen (secondary N) is 1. The van der Waals surface area contributed by atoms with Crippen LogP contribution in [0, 0.1) is 0 Å². The molecule has 5 heteroatoms. The maximum absolute atomic E-state index is 4.63. The Labute approximate surface area is 129 Å². The van der Waals surface area contributed by atoms with Crippen molar-refractivity contribution in [1.29, 1.82) is 0 Å². The summed E-state index contributed by atoms with van der Waals surface area (Å²) in [4.78, 5) is 15.3. The Bertz CT molecular complexity index is 778. The van der Waals surface area contributed by atoms with Crippen LogP contribution >= 0.6 is 0 Å². The van der Waals surface area contributed by atoms with E-state index in [-0.39, 0.29) is 0 Å². The first kappa shape index (κ1) is 13.2. The molecule has 3 aromatic rings. The van der Waals surface area contributed by atoms with Crippen molar-refractivity contribution in [2.75, 3.05) is 31.1 Å². The highest BCUT2D eigenvalue weighted by molar-refractivity contribution is 5.83. The first-order valence-corrected chi connectivity index (χ1v) is 7.52. The molecule has 0 spiro atoms. The van der Waals surface area contributed by atoms with Gasteiger partial charge in [-0.2, -0.15) is 0 Å². The average molecular weight is 291 g/mol. The molecule has 0 saturated carbocycles. The fourth-order valence-electron chi connectivity index (χ4n) is 2.80. The van der Waals surface area contributed by atoms with Gasteiger partial charge in [-0.15, -0.1) is 0 Å². The molecule has 3 heterocycles. The second kappa shape index (κ2) is 5.69. The summed E-state index contributed by atoms with van der Waals surface area (Å²) in [6.07, 6.45) is 5.36. The number of rotatable bonds is 2. The smallest absolute Gasteiger partial charge is 0.128 e. The van der Waals surface area contributed by atoms with Crippen molar-refractivity contribution in [3.8, 4) is 11.1 Å². The minimum atomic E-state index is 0.962. The number of piperazine rings is 1. The molecule has 0 bridgehead atoms. The number of hydrogen-bond acceptors (Lipinski definition) is 5. The van der Waals surface area contributed by atoms with Crippen molar-refractivity contribution in [2.24, 2.45) is 0 Å². The number of benzene rings is 1. The molecule has 1 aliphatic rings. The van der Waals surface area contributed by atoms with Crippen LogP contribution in [0.4, 0.5) is 5.82 Å². The van der Waals surface area contributed by atoms with Gasteiger partial charge in [0.05, 0.1) is 5.52 Å². The third-order valence-corrected chi connectivity index (χ3v) is 4.03. The van der Waals surface area contributed by atoms with Gasteiger partial charge in [-0.05, 0) is 29.8 Å². The third kappa shape index (κ3) is 2.51. The molecule has 0 unspecified atom stereocenters. The summed E-state index contributed by atoms with van der Waals surface area (Å²) < 4.78 is 0. The summed E-state index contributed by atoms with van der Waals surface area (Å²) >= 11 is 0. The molecule has 110 valence electrons. The Balaban J connectivity index is 1.63. The van der Waals surface area contributed by atoms with Gasteiger partial charge in [-0.3, -0.25) is 0 Å². The minimum Gasteiger partial charge on any atom is -0.354 e. The molecule has 1 fully saturated rings. The van der Waals surface area contributed by atoms with Gasteiger partial charge >= 0.3 is 0 Å². The lowest BCUT2D eigenvalue weighted by Crippen LogP contribution is -2.43. The highest BCUT2D eigenvalue weighted by Gasteiger charge is 2.11. The molecular formula is C17H17N5. The molecule has 4 rings (SSSR count). The first-order chi connectivity index (χ1) is 10.9. The van der Waals surface area contributed by atoms with Crippen molar-refractivity contribution in [2.45, 2.75) is 0 Å². The zero-order valence-corrected chi connectivity index (χ0v) is 12.2. The van der Waals surface area contributed by atoms with Crippen LogP contribution < -0.4 is 10.2 Å². The molecule has 0 radical (unpaired) electrons. The Morgan fingerprint density at radius 3 is 2.59 bits per heavy atom. The number of fused-ring (bicyclic) bond motifs is 1. The van der Waals surface area contributed by atoms with Crippen molar-refractivity contribution in [3.63, 3.8) is 0 Å². The summed E-state index contributed by atoms with van der Waals surface area (Å²) in [5, 5.41) is 4.40. The van der Waals surface area contributed by atoms with E-state index in [1.807, 2.05) is 18.5 Å². The number of aromatic nitrogens is 3. The highest BCUT2D eigenvalue weighted by Crippen LogP contribution is 2.24. The Kier molecular flexibility index (Phi) is 3.40. The lowest BCUT2D eigenvalue weighted by atomic mass is 10.1. The van der Waals surface area contributed by atoms with Gasteiger partial charge in [-0.1, -0.05) is 6.07 Å². The van der Waals surface area contributed by atoms with Crippen molar-refractivity contribution in [3.05, 3.63) is 49.1 Å². The zero-order valence-electron chi connectivity index (χ0n) is 12.2. The SMILES string of the molecule is c1ncc2cc(-c3ccc(N4CCNCC4)nc3)ccc2n1. The summed E-state index contributed by atoms with van der Waals surface area (Å²) in [6.45, 7) is 4.07. The Morgan fingerprint density at radius 2 is 1.77 bits per heavy atom. The van der Waals surface area contributed by atoms with Crippen LogP contribution in [0.25, 0.3) is 22.0 Å². The van der Waals surface area contributed by atoms with Gasteiger partial charge in [0.25, 0.3) is 0 Å². The van der Waals surface area contributed by atoms with Crippen LogP contribution in [0.5, 0.6) is 0 Å². The van der Waals surface area contributed by atoms with Gasteiger partial charge in [0, 0.05) is 49.5 Å². The molecule has 22 heavy (non-hydrogen) atoms. The topological polar surface area (TPSA) is 53.9 Å². The maximum atomic E-state index is 4.63. The van der Waals surface area contributed by atoms with Gasteiger partial charge in [0.15, 0.2) is 0 Å². The number of anilines is 1. The lowest BCUT2D eigenvalue weighted by molar-refractivity contribution is 0.585. The van der Waals surface area contributed by atoms with E-state index in [9.17, 15) is 0 Å². The van der Waals surface area contributed by atoms with E-state index in [1.54, 1.807) is 6.33 Å². The molecule has 0 aliphatic carbocycles. The van der Waals surface area contributed by atoms with Gasteiger partial charge < -0.3 is 10.2 Å². The first-order valence-electron chi connectivity index (χ1n) is 7.52. The zero-order chi connectivity index (χ0) is 14.8.